The van der Waals surface area contributed by atoms with Gasteiger partial charge in [-0.1, -0.05) is 35.9 Å². The molecule has 3 N–H and O–H groups in total. The monoisotopic (exact) mass is 533 g/mol. The highest BCUT2D eigenvalue weighted by atomic mass is 79.9. The van der Waals surface area contributed by atoms with E-state index in [2.05, 4.69) is 26.1 Å². The third-order valence-electron chi connectivity index (χ3n) is 5.06. The molecule has 2 aromatic carbocycles. The van der Waals surface area contributed by atoms with Gasteiger partial charge in [-0.3, -0.25) is 9.10 Å². The van der Waals surface area contributed by atoms with Gasteiger partial charge in [-0.2, -0.15) is 5.90 Å². The van der Waals surface area contributed by atoms with E-state index >= 15 is 0 Å². The molecule has 1 aliphatic rings. The minimum absolute atomic E-state index is 0.0849. The van der Waals surface area contributed by atoms with Crippen molar-refractivity contribution in [2.45, 2.75) is 24.7 Å². The number of para-hydroxylation sites is 1. The number of hydrogen-bond donors (Lipinski definition) is 2. The van der Waals surface area contributed by atoms with Crippen LogP contribution >= 0.6 is 15.9 Å². The summed E-state index contributed by atoms with van der Waals surface area (Å²) >= 11 is 3.38. The van der Waals surface area contributed by atoms with Gasteiger partial charge >= 0.3 is 5.97 Å². The summed E-state index contributed by atoms with van der Waals surface area (Å²) in [6.45, 7) is 1.62. The van der Waals surface area contributed by atoms with Gasteiger partial charge < -0.3 is 10.2 Å². The molecule has 0 saturated carbocycles. The van der Waals surface area contributed by atoms with Gasteiger partial charge in [0.1, 0.15) is 6.54 Å². The molecule has 3 rings (SSSR count). The van der Waals surface area contributed by atoms with E-state index in [-0.39, 0.29) is 11.4 Å². The summed E-state index contributed by atoms with van der Waals surface area (Å²) in [7, 11) is -4.01. The van der Waals surface area contributed by atoms with Crippen LogP contribution in [0.3, 0.4) is 0 Å². The number of aryl methyl sites for hydroxylation is 1. The van der Waals surface area contributed by atoms with Crippen LogP contribution in [0.2, 0.25) is 0 Å². The van der Waals surface area contributed by atoms with Gasteiger partial charge in [0, 0.05) is 11.0 Å². The molecule has 0 unspecified atom stereocenters. The Morgan fingerprint density at radius 2 is 1.85 bits per heavy atom. The maximum absolute atomic E-state index is 13.4. The van der Waals surface area contributed by atoms with Gasteiger partial charge in [-0.15, -0.1) is 0 Å². The molecule has 1 aliphatic carbocycles. The predicted octanol–water partition coefficient (Wildman–Crippen LogP) is 3.13. The Morgan fingerprint density at radius 3 is 2.52 bits per heavy atom. The largest absolute Gasteiger partial charge is 0.370 e. The zero-order chi connectivity index (χ0) is 24.0. The van der Waals surface area contributed by atoms with E-state index in [9.17, 15) is 18.0 Å². The molecule has 0 spiro atoms. The molecule has 174 valence electrons. The summed E-state index contributed by atoms with van der Waals surface area (Å²) in [5.74, 6) is 3.80. The quantitative estimate of drug-likeness (QED) is 0.503. The van der Waals surface area contributed by atoms with Crippen LogP contribution in [0.25, 0.3) is 0 Å². The Hall–Kier alpha value is -2.95. The Balaban J connectivity index is 1.81. The highest BCUT2D eigenvalue weighted by molar-refractivity contribution is 9.10. The minimum atomic E-state index is -4.01. The number of nitrogens with two attached hydrogens (primary N) is 1. The van der Waals surface area contributed by atoms with E-state index in [0.29, 0.717) is 28.6 Å². The van der Waals surface area contributed by atoms with E-state index in [1.807, 2.05) is 6.92 Å². The lowest BCUT2D eigenvalue weighted by Gasteiger charge is -2.25. The van der Waals surface area contributed by atoms with Crippen LogP contribution < -0.4 is 15.5 Å². The number of carbonyl (C=O) groups is 2. The van der Waals surface area contributed by atoms with Crippen LogP contribution in [0.1, 0.15) is 18.4 Å². The number of nitrogens with zero attached hydrogens (tertiary/aromatic N) is 1. The van der Waals surface area contributed by atoms with Crippen molar-refractivity contribution >= 4 is 43.5 Å². The van der Waals surface area contributed by atoms with Crippen LogP contribution in [0.4, 0.5) is 5.69 Å². The fraction of sp³-hybridized carbons (Fsp3) is 0.217. The Labute approximate surface area is 201 Å². The molecule has 1 amide bonds. The lowest BCUT2D eigenvalue weighted by molar-refractivity contribution is -0.139. The topological polar surface area (TPSA) is 119 Å². The predicted molar refractivity (Wildman–Crippen MR) is 129 cm³/mol. The Bertz CT molecular complexity index is 1210. The number of anilines is 1. The number of halogens is 1. The SMILES string of the molecule is Cc1ccc(S(=O)(=O)N(CC(=O)NCC2=CC(C(=O)ON)=CCC2)c2ccccc2Br)cc1. The number of hydrogen-bond acceptors (Lipinski definition) is 6. The van der Waals surface area contributed by atoms with E-state index in [0.717, 1.165) is 15.4 Å². The zero-order valence-corrected chi connectivity index (χ0v) is 20.4. The van der Waals surface area contributed by atoms with E-state index in [1.54, 1.807) is 48.6 Å². The first-order valence-electron chi connectivity index (χ1n) is 10.1. The first-order valence-corrected chi connectivity index (χ1v) is 12.4. The molecule has 8 nitrogen and oxygen atoms in total. The average molecular weight is 534 g/mol. The number of allylic oxidation sites excluding steroid dienone is 1. The number of sulfonamides is 1. The third kappa shape index (κ3) is 6.10. The van der Waals surface area contributed by atoms with E-state index in [1.165, 1.54) is 12.1 Å². The van der Waals surface area contributed by atoms with Gasteiger partial charge in [0.25, 0.3) is 10.0 Å². The molecule has 33 heavy (non-hydrogen) atoms. The first-order chi connectivity index (χ1) is 15.7. The van der Waals surface area contributed by atoms with Gasteiger partial charge in [0.15, 0.2) is 0 Å². The molecule has 0 heterocycles. The Morgan fingerprint density at radius 1 is 1.15 bits per heavy atom. The number of benzene rings is 2. The van der Waals surface area contributed by atoms with Crippen molar-refractivity contribution < 1.29 is 22.8 Å². The molecule has 0 radical (unpaired) electrons. The van der Waals surface area contributed by atoms with Crippen molar-refractivity contribution in [1.29, 1.82) is 0 Å². The second-order valence-corrected chi connectivity index (χ2v) is 10.2. The molecule has 0 saturated heterocycles. The van der Waals surface area contributed by atoms with Crippen LogP contribution in [-0.4, -0.2) is 33.4 Å². The van der Waals surface area contributed by atoms with Crippen molar-refractivity contribution in [3.8, 4) is 0 Å². The van der Waals surface area contributed by atoms with E-state index in [4.69, 9.17) is 5.90 Å². The van der Waals surface area contributed by atoms with E-state index < -0.39 is 28.4 Å². The van der Waals surface area contributed by atoms with Crippen LogP contribution in [-0.2, 0) is 24.4 Å². The summed E-state index contributed by atoms with van der Waals surface area (Å²) in [5.41, 5.74) is 2.40. The number of nitrogens with one attached hydrogen (secondary N) is 1. The molecule has 0 bridgehead atoms. The van der Waals surface area contributed by atoms with Crippen molar-refractivity contribution in [2.75, 3.05) is 17.4 Å². The summed E-state index contributed by atoms with van der Waals surface area (Å²) in [6, 6.07) is 13.2. The lowest BCUT2D eigenvalue weighted by atomic mass is 9.99. The molecule has 0 fully saturated rings. The summed E-state index contributed by atoms with van der Waals surface area (Å²) < 4.78 is 28.5. The molecule has 0 atom stereocenters. The lowest BCUT2D eigenvalue weighted by Crippen LogP contribution is -2.41. The van der Waals surface area contributed by atoms with Crippen LogP contribution in [0.5, 0.6) is 0 Å². The molecule has 0 aromatic heterocycles. The number of carbonyl (C=O) groups excluding carboxylic acids is 2. The minimum Gasteiger partial charge on any atom is -0.370 e. The van der Waals surface area contributed by atoms with Gasteiger partial charge in [-0.05, 0) is 71.6 Å². The zero-order valence-electron chi connectivity index (χ0n) is 18.0. The Kier molecular flexibility index (Phi) is 8.06. The third-order valence-corrected chi connectivity index (χ3v) is 7.51. The van der Waals surface area contributed by atoms with Crippen molar-refractivity contribution in [2.24, 2.45) is 5.90 Å². The number of amides is 1. The summed E-state index contributed by atoms with van der Waals surface area (Å²) in [4.78, 5) is 28.8. The standard InChI is InChI=1S/C23H24BrN3O5S/c1-16-9-11-19(12-10-16)33(30,31)27(21-8-3-2-7-20(21)24)15-22(28)26-14-17-5-4-6-18(13-17)23(29)32-25/h2-3,6-13H,4-5,14-15,25H2,1H3,(H,26,28). The van der Waals surface area contributed by atoms with Crippen molar-refractivity contribution in [3.05, 3.63) is 81.9 Å². The highest BCUT2D eigenvalue weighted by Crippen LogP contribution is 2.30. The summed E-state index contributed by atoms with van der Waals surface area (Å²) in [6.07, 6.45) is 4.59. The van der Waals surface area contributed by atoms with Crippen LogP contribution in [0.15, 0.2) is 81.2 Å². The van der Waals surface area contributed by atoms with Gasteiger partial charge in [-0.25, -0.2) is 13.2 Å². The normalized spacial score (nSPS) is 13.5. The second kappa shape index (κ2) is 10.8. The van der Waals surface area contributed by atoms with Crippen molar-refractivity contribution in [3.63, 3.8) is 0 Å². The smallest absolute Gasteiger partial charge is 0.356 e. The fourth-order valence-corrected chi connectivity index (χ4v) is 5.36. The molecule has 10 heteroatoms. The van der Waals surface area contributed by atoms with Gasteiger partial charge in [0.2, 0.25) is 5.91 Å². The maximum atomic E-state index is 13.4. The van der Waals surface area contributed by atoms with Gasteiger partial charge in [0.05, 0.1) is 16.2 Å². The molecule has 0 aliphatic heterocycles. The summed E-state index contributed by atoms with van der Waals surface area (Å²) in [5, 5.41) is 2.74. The fourth-order valence-electron chi connectivity index (χ4n) is 3.30. The average Bonchev–Trinajstić information content (AvgIpc) is 2.81. The highest BCUT2D eigenvalue weighted by Gasteiger charge is 2.28. The molecule has 2 aromatic rings. The maximum Gasteiger partial charge on any atom is 0.356 e. The molecular formula is C23H24BrN3O5S. The number of rotatable bonds is 8. The molecular weight excluding hydrogens is 510 g/mol. The second-order valence-electron chi connectivity index (χ2n) is 7.46. The van der Waals surface area contributed by atoms with Crippen molar-refractivity contribution in [1.82, 2.24) is 5.32 Å². The first kappa shape index (κ1) is 24.7. The van der Waals surface area contributed by atoms with Crippen LogP contribution in [0, 0.1) is 6.92 Å².